The minimum atomic E-state index is 0.328. The van der Waals surface area contributed by atoms with E-state index < -0.39 is 0 Å². The molecule has 1 aromatic rings. The molecule has 4 nitrogen and oxygen atoms in total. The Bertz CT molecular complexity index is 352. The summed E-state index contributed by atoms with van der Waals surface area (Å²) in [5.74, 6) is 1.59. The summed E-state index contributed by atoms with van der Waals surface area (Å²) in [7, 11) is 0. The van der Waals surface area contributed by atoms with Gasteiger partial charge in [0.15, 0.2) is 5.82 Å². The first-order valence-corrected chi connectivity index (χ1v) is 5.83. The van der Waals surface area contributed by atoms with Gasteiger partial charge in [-0.15, -0.1) is 0 Å². The van der Waals surface area contributed by atoms with Crippen molar-refractivity contribution in [2.75, 3.05) is 17.2 Å². The van der Waals surface area contributed by atoms with E-state index in [2.05, 4.69) is 42.6 Å². The number of halogens is 1. The predicted molar refractivity (Wildman–Crippen MR) is 68.8 cm³/mol. The minimum absolute atomic E-state index is 0.328. The molecule has 0 saturated carbocycles. The summed E-state index contributed by atoms with van der Waals surface area (Å²) < 4.78 is 0. The first-order valence-electron chi connectivity index (χ1n) is 5.46. The SMILES string of the molecule is CC(C)CN(c1ncnc(N)c1Cl)C(C)C. The smallest absolute Gasteiger partial charge is 0.153 e. The van der Waals surface area contributed by atoms with E-state index in [0.29, 0.717) is 22.8 Å². The van der Waals surface area contributed by atoms with E-state index in [1.54, 1.807) is 0 Å². The highest BCUT2D eigenvalue weighted by Crippen LogP contribution is 2.28. The molecule has 0 fully saturated rings. The second kappa shape index (κ2) is 5.34. The molecule has 5 heteroatoms. The molecule has 16 heavy (non-hydrogen) atoms. The van der Waals surface area contributed by atoms with Crippen LogP contribution in [0.15, 0.2) is 6.33 Å². The molecule has 1 aromatic heterocycles. The molecule has 0 radical (unpaired) electrons. The average Bonchev–Trinajstić information content (AvgIpc) is 2.18. The van der Waals surface area contributed by atoms with Crippen LogP contribution in [0.3, 0.4) is 0 Å². The Labute approximate surface area is 102 Å². The fourth-order valence-corrected chi connectivity index (χ4v) is 1.72. The molecule has 0 aliphatic carbocycles. The molecule has 0 spiro atoms. The van der Waals surface area contributed by atoms with E-state index in [4.69, 9.17) is 17.3 Å². The number of nitrogen functional groups attached to an aromatic ring is 1. The highest BCUT2D eigenvalue weighted by Gasteiger charge is 2.18. The molecule has 0 atom stereocenters. The third-order valence-corrected chi connectivity index (χ3v) is 2.62. The Morgan fingerprint density at radius 3 is 2.44 bits per heavy atom. The van der Waals surface area contributed by atoms with Gasteiger partial charge in [0, 0.05) is 12.6 Å². The number of hydrogen-bond donors (Lipinski definition) is 1. The number of nitrogens with zero attached hydrogens (tertiary/aromatic N) is 3. The Kier molecular flexibility index (Phi) is 4.35. The summed E-state index contributed by atoms with van der Waals surface area (Å²) in [5, 5.41) is 0.442. The minimum Gasteiger partial charge on any atom is -0.382 e. The molecule has 1 rings (SSSR count). The van der Waals surface area contributed by atoms with Crippen LogP contribution in [0.5, 0.6) is 0 Å². The first-order chi connectivity index (χ1) is 7.43. The summed E-state index contributed by atoms with van der Waals surface area (Å²) in [6, 6.07) is 0.328. The van der Waals surface area contributed by atoms with Crippen molar-refractivity contribution < 1.29 is 0 Å². The van der Waals surface area contributed by atoms with Crippen LogP contribution in [-0.2, 0) is 0 Å². The number of hydrogen-bond acceptors (Lipinski definition) is 4. The van der Waals surface area contributed by atoms with E-state index >= 15 is 0 Å². The maximum atomic E-state index is 6.12. The van der Waals surface area contributed by atoms with Crippen molar-refractivity contribution in [1.29, 1.82) is 0 Å². The molecule has 0 aliphatic heterocycles. The molecule has 0 aliphatic rings. The van der Waals surface area contributed by atoms with Crippen LogP contribution < -0.4 is 10.6 Å². The van der Waals surface area contributed by atoms with Gasteiger partial charge in [0.1, 0.15) is 17.2 Å². The third kappa shape index (κ3) is 2.98. The summed E-state index contributed by atoms with van der Waals surface area (Å²) in [6.07, 6.45) is 1.45. The number of nitrogens with two attached hydrogens (primary N) is 1. The quantitative estimate of drug-likeness (QED) is 0.882. The van der Waals surface area contributed by atoms with Gasteiger partial charge in [0.2, 0.25) is 0 Å². The van der Waals surface area contributed by atoms with Crippen LogP contribution in [0.25, 0.3) is 0 Å². The fourth-order valence-electron chi connectivity index (χ4n) is 1.51. The zero-order valence-electron chi connectivity index (χ0n) is 10.2. The molecule has 2 N–H and O–H groups in total. The summed E-state index contributed by atoms with van der Waals surface area (Å²) in [5.41, 5.74) is 5.68. The van der Waals surface area contributed by atoms with Crippen molar-refractivity contribution in [3.63, 3.8) is 0 Å². The normalized spacial score (nSPS) is 11.2. The van der Waals surface area contributed by atoms with E-state index in [1.807, 2.05) is 0 Å². The molecule has 0 amide bonds. The zero-order chi connectivity index (χ0) is 12.3. The Hall–Kier alpha value is -1.03. The molecular weight excluding hydrogens is 224 g/mol. The van der Waals surface area contributed by atoms with E-state index in [-0.39, 0.29) is 0 Å². The van der Waals surface area contributed by atoms with Crippen LogP contribution in [0.2, 0.25) is 5.02 Å². The predicted octanol–water partition coefficient (Wildman–Crippen LogP) is 2.58. The molecule has 1 heterocycles. The van der Waals surface area contributed by atoms with Crippen LogP contribution in [-0.4, -0.2) is 22.6 Å². The van der Waals surface area contributed by atoms with Crippen LogP contribution in [0, 0.1) is 5.92 Å². The van der Waals surface area contributed by atoms with Crippen molar-refractivity contribution >= 4 is 23.2 Å². The number of aromatic nitrogens is 2. The number of rotatable bonds is 4. The lowest BCUT2D eigenvalue weighted by molar-refractivity contribution is 0.566. The summed E-state index contributed by atoms with van der Waals surface area (Å²) in [4.78, 5) is 10.2. The van der Waals surface area contributed by atoms with E-state index in [9.17, 15) is 0 Å². The average molecular weight is 243 g/mol. The largest absolute Gasteiger partial charge is 0.382 e. The number of anilines is 2. The zero-order valence-corrected chi connectivity index (χ0v) is 11.0. The van der Waals surface area contributed by atoms with Crippen LogP contribution in [0.1, 0.15) is 27.7 Å². The fraction of sp³-hybridized carbons (Fsp3) is 0.636. The Balaban J connectivity index is 3.06. The molecule has 0 bridgehead atoms. The Morgan fingerprint density at radius 2 is 1.94 bits per heavy atom. The van der Waals surface area contributed by atoms with Gasteiger partial charge in [0.25, 0.3) is 0 Å². The third-order valence-electron chi connectivity index (χ3n) is 2.26. The second-order valence-corrected chi connectivity index (χ2v) is 4.91. The van der Waals surface area contributed by atoms with Gasteiger partial charge in [-0.05, 0) is 19.8 Å². The Morgan fingerprint density at radius 1 is 1.31 bits per heavy atom. The van der Waals surface area contributed by atoms with Gasteiger partial charge >= 0.3 is 0 Å². The van der Waals surface area contributed by atoms with Crippen molar-refractivity contribution in [2.24, 2.45) is 5.92 Å². The van der Waals surface area contributed by atoms with Gasteiger partial charge in [-0.2, -0.15) is 0 Å². The monoisotopic (exact) mass is 242 g/mol. The van der Waals surface area contributed by atoms with Crippen molar-refractivity contribution in [3.05, 3.63) is 11.3 Å². The van der Waals surface area contributed by atoms with Crippen LogP contribution >= 0.6 is 11.6 Å². The lowest BCUT2D eigenvalue weighted by Gasteiger charge is -2.30. The standard InChI is InChI=1S/C11H19ClN4/c1-7(2)5-16(8(3)4)11-9(12)10(13)14-6-15-11/h6-8H,5H2,1-4H3,(H2,13,14,15). The molecule has 0 unspecified atom stereocenters. The summed E-state index contributed by atoms with van der Waals surface area (Å²) in [6.45, 7) is 9.43. The summed E-state index contributed by atoms with van der Waals surface area (Å²) >= 11 is 6.12. The topological polar surface area (TPSA) is 55.0 Å². The van der Waals surface area contributed by atoms with Crippen LogP contribution in [0.4, 0.5) is 11.6 Å². The van der Waals surface area contributed by atoms with E-state index in [0.717, 1.165) is 12.4 Å². The maximum Gasteiger partial charge on any atom is 0.153 e. The maximum absolute atomic E-state index is 6.12. The van der Waals surface area contributed by atoms with Crippen molar-refractivity contribution in [3.8, 4) is 0 Å². The lowest BCUT2D eigenvalue weighted by Crippen LogP contribution is -2.35. The van der Waals surface area contributed by atoms with Gasteiger partial charge in [-0.1, -0.05) is 25.4 Å². The highest BCUT2D eigenvalue weighted by molar-refractivity contribution is 6.35. The van der Waals surface area contributed by atoms with Gasteiger partial charge in [-0.25, -0.2) is 9.97 Å². The molecule has 90 valence electrons. The van der Waals surface area contributed by atoms with Gasteiger partial charge in [-0.3, -0.25) is 0 Å². The van der Waals surface area contributed by atoms with Gasteiger partial charge < -0.3 is 10.6 Å². The first kappa shape index (κ1) is 13.0. The molecular formula is C11H19ClN4. The molecule has 0 saturated heterocycles. The molecule has 0 aromatic carbocycles. The second-order valence-electron chi connectivity index (χ2n) is 4.54. The van der Waals surface area contributed by atoms with Crippen molar-refractivity contribution in [2.45, 2.75) is 33.7 Å². The lowest BCUT2D eigenvalue weighted by atomic mass is 10.2. The van der Waals surface area contributed by atoms with E-state index in [1.165, 1.54) is 6.33 Å². The van der Waals surface area contributed by atoms with Crippen molar-refractivity contribution in [1.82, 2.24) is 9.97 Å². The highest BCUT2D eigenvalue weighted by atomic mass is 35.5. The van der Waals surface area contributed by atoms with Gasteiger partial charge in [0.05, 0.1) is 0 Å².